The van der Waals surface area contributed by atoms with Gasteiger partial charge in [0.2, 0.25) is 53.2 Å². The highest BCUT2D eigenvalue weighted by Gasteiger charge is 2.34. The maximum absolute atomic E-state index is 13.6. The summed E-state index contributed by atoms with van der Waals surface area (Å²) in [6, 6.07) is 3.43. The average Bonchev–Trinajstić information content (AvgIpc) is 1.62. The lowest BCUT2D eigenvalue weighted by atomic mass is 9.94. The molecule has 0 bridgehead atoms. The van der Waals surface area contributed by atoms with E-state index in [1.165, 1.54) is 6.92 Å². The molecule has 1 aromatic heterocycles. The normalized spacial score (nSPS) is 13.8. The van der Waals surface area contributed by atoms with Gasteiger partial charge in [-0.25, -0.2) is 0 Å². The van der Waals surface area contributed by atoms with Crippen LogP contribution >= 0.6 is 0 Å². The fraction of sp³-hybridized carbons (Fsp3) is 0.657. The molecule has 562 valence electrons. The number of aliphatic hydroxyl groups excluding tert-OH is 1. The maximum Gasteiger partial charge on any atom is 0.322 e. The molecule has 0 fully saturated rings. The third-order valence-electron chi connectivity index (χ3n) is 15.6. The second-order valence-corrected chi connectivity index (χ2v) is 23.8. The van der Waals surface area contributed by atoms with E-state index in [-0.39, 0.29) is 70.5 Å². The molecule has 100 heavy (non-hydrogen) atoms. The molecule has 0 aliphatic heterocycles. The molecule has 1 heterocycles. The van der Waals surface area contributed by atoms with Crippen molar-refractivity contribution in [1.82, 2.24) is 47.9 Å². The number of hydrogen-bond acceptors (Lipinski definition) is 22. The van der Waals surface area contributed by atoms with Crippen LogP contribution in [0.4, 0.5) is 0 Å². The number of aryl methyl sites for hydroxylation is 1. The Hall–Kier alpha value is -7.99. The molecule has 33 heteroatoms. The van der Waals surface area contributed by atoms with Gasteiger partial charge in [0.05, 0.1) is 125 Å². The fourth-order valence-electron chi connectivity index (χ4n) is 9.65. The van der Waals surface area contributed by atoms with Gasteiger partial charge < -0.3 is 111 Å². The molecule has 2 aromatic carbocycles. The largest absolute Gasteiger partial charge is 0.481 e. The quantitative estimate of drug-likeness (QED) is 0.0305. The molecule has 33 nitrogen and oxygen atoms in total. The number of carboxylic acid groups (broad SMARTS) is 2. The van der Waals surface area contributed by atoms with Gasteiger partial charge in [0.15, 0.2) is 0 Å². The highest BCUT2D eigenvalue weighted by atomic mass is 16.6. The Bertz CT molecular complexity index is 3020. The Morgan fingerprint density at radius 1 is 0.440 bits per heavy atom. The van der Waals surface area contributed by atoms with Gasteiger partial charge in [0, 0.05) is 36.7 Å². The van der Waals surface area contributed by atoms with Crippen molar-refractivity contribution >= 4 is 87.0 Å². The van der Waals surface area contributed by atoms with Gasteiger partial charge in [0.1, 0.15) is 54.0 Å². The van der Waals surface area contributed by atoms with Gasteiger partial charge >= 0.3 is 11.9 Å². The minimum Gasteiger partial charge on any atom is -0.481 e. The van der Waals surface area contributed by atoms with E-state index in [0.717, 1.165) is 10.8 Å². The van der Waals surface area contributed by atoms with Crippen LogP contribution in [-0.4, -0.2) is 255 Å². The van der Waals surface area contributed by atoms with Crippen LogP contribution in [0.2, 0.25) is 0 Å². The molecular formula is C67H106N10O23. The highest BCUT2D eigenvalue weighted by molar-refractivity contribution is 6.07. The zero-order chi connectivity index (χ0) is 73.8. The van der Waals surface area contributed by atoms with Crippen LogP contribution in [0.5, 0.6) is 0 Å². The Kier molecular flexibility index (Phi) is 42.7. The monoisotopic (exact) mass is 1420 g/mol. The van der Waals surface area contributed by atoms with Crippen molar-refractivity contribution in [2.45, 2.75) is 130 Å². The summed E-state index contributed by atoms with van der Waals surface area (Å²) in [7, 11) is 0. The van der Waals surface area contributed by atoms with Crippen molar-refractivity contribution < 1.29 is 110 Å². The van der Waals surface area contributed by atoms with Crippen molar-refractivity contribution in [3.8, 4) is 0 Å². The van der Waals surface area contributed by atoms with Gasteiger partial charge in [-0.2, -0.15) is 0 Å². The number of hydrogen-bond donors (Lipinski definition) is 13. The SMILES string of the molecule is CC[C@H](C)[C@H](NC(=O)[C@H](C)NC(=O)CCc1cccc2c1oc1c(CCNC(=O)[C@H](CO)NC(=O)CNC(=O)[C@@H](NC(=O)[C@H](CC(=O)O)NC(=O)CCOCCOCCOCCOCCOCCOCCOCCOCCN)C(C)C)cccc12)C(=O)N[C@H](C(=O)NCC(=O)O)[C@@H](C)CC. The van der Waals surface area contributed by atoms with Crippen molar-refractivity contribution in [2.24, 2.45) is 23.5 Å². The molecule has 0 spiro atoms. The highest BCUT2D eigenvalue weighted by Crippen LogP contribution is 2.33. The predicted octanol–water partition coefficient (Wildman–Crippen LogP) is -0.880. The van der Waals surface area contributed by atoms with Crippen LogP contribution in [-0.2, 0) is 103 Å². The number of carbonyl (C=O) groups is 11. The Balaban J connectivity index is 1.40. The van der Waals surface area contributed by atoms with Crippen molar-refractivity contribution in [2.75, 3.05) is 138 Å². The summed E-state index contributed by atoms with van der Waals surface area (Å²) >= 11 is 0. The number of carbonyl (C=O) groups excluding carboxylic acids is 9. The standard InChI is InChI=1S/C67H106N10O23/c1-8-43(5)58(66(90)71-40-56(84)85)77-67(91)59(44(6)9-2)76-62(86)45(7)72-52(79)17-16-46-12-10-14-48-49-15-11-13-47(61(49)100-60(46)48)18-21-69-63(87)51(41-78)74-54(81)39-70-65(89)57(42(3)4)75-64(88)50(38-55(82)83)73-53(80)19-22-92-24-26-94-28-30-96-32-34-98-36-37-99-35-33-97-31-29-95-27-25-93-23-20-68/h10-15,42-45,50-51,57-59,78H,8-9,16-41,68H2,1-7H3,(H,69,87)(H,70,89)(H,71,90)(H,72,79)(H,73,80)(H,74,81)(H,75,88)(H,76,86)(H,77,91)(H,82,83)(H,84,85)/t43-,44-,45-,50-,51-,57-,58-,59-/m0/s1. The lowest BCUT2D eigenvalue weighted by Crippen LogP contribution is -2.59. The van der Waals surface area contributed by atoms with E-state index in [2.05, 4.69) is 47.9 Å². The molecule has 9 amide bonds. The zero-order valence-electron chi connectivity index (χ0n) is 58.5. The number of ether oxygens (including phenoxy) is 8. The number of nitrogens with one attached hydrogen (secondary N) is 9. The first-order chi connectivity index (χ1) is 48.0. The van der Waals surface area contributed by atoms with E-state index in [9.17, 15) is 63.0 Å². The van der Waals surface area contributed by atoms with E-state index in [4.69, 9.17) is 53.2 Å². The predicted molar refractivity (Wildman–Crippen MR) is 363 cm³/mol. The van der Waals surface area contributed by atoms with Gasteiger partial charge in [-0.1, -0.05) is 90.8 Å². The maximum atomic E-state index is 13.6. The number of rotatable bonds is 56. The summed E-state index contributed by atoms with van der Waals surface area (Å²) in [5.41, 5.74) is 7.77. The Morgan fingerprint density at radius 2 is 0.870 bits per heavy atom. The summed E-state index contributed by atoms with van der Waals surface area (Å²) in [5.74, 6) is -10.5. The molecule has 0 saturated carbocycles. The first kappa shape index (κ1) is 86.2. The summed E-state index contributed by atoms with van der Waals surface area (Å²) in [6.07, 6.45) is 0.329. The minimum absolute atomic E-state index is 0.0334. The third-order valence-corrected chi connectivity index (χ3v) is 15.6. The van der Waals surface area contributed by atoms with Crippen LogP contribution in [0.25, 0.3) is 21.9 Å². The van der Waals surface area contributed by atoms with Crippen LogP contribution in [0.3, 0.4) is 0 Å². The molecule has 14 N–H and O–H groups in total. The number of para-hydroxylation sites is 2. The summed E-state index contributed by atoms with van der Waals surface area (Å²) in [6.45, 7) is 15.8. The number of fused-ring (bicyclic) bond motifs is 3. The number of nitrogens with two attached hydrogens (primary N) is 1. The van der Waals surface area contributed by atoms with E-state index in [1.807, 2.05) is 38.1 Å². The summed E-state index contributed by atoms with van der Waals surface area (Å²) in [5, 5.41) is 52.9. The molecule has 0 saturated heterocycles. The van der Waals surface area contributed by atoms with E-state index in [0.29, 0.717) is 121 Å². The van der Waals surface area contributed by atoms with Crippen molar-refractivity contribution in [3.63, 3.8) is 0 Å². The van der Waals surface area contributed by atoms with Crippen LogP contribution in [0, 0.1) is 17.8 Å². The van der Waals surface area contributed by atoms with E-state index in [1.54, 1.807) is 39.8 Å². The number of carboxylic acids is 2. The van der Waals surface area contributed by atoms with Gasteiger partial charge in [-0.15, -0.1) is 0 Å². The lowest BCUT2D eigenvalue weighted by Gasteiger charge is -2.29. The second-order valence-electron chi connectivity index (χ2n) is 23.8. The number of furan rings is 1. The number of benzene rings is 2. The molecule has 0 unspecified atom stereocenters. The molecule has 0 aliphatic carbocycles. The molecular weight excluding hydrogens is 1310 g/mol. The number of aliphatic hydroxyl groups is 1. The van der Waals surface area contributed by atoms with E-state index >= 15 is 0 Å². The molecule has 3 aromatic rings. The molecule has 8 atom stereocenters. The third kappa shape index (κ3) is 33.5. The summed E-state index contributed by atoms with van der Waals surface area (Å²) in [4.78, 5) is 142. The molecule has 0 aliphatic rings. The zero-order valence-corrected chi connectivity index (χ0v) is 58.5. The Morgan fingerprint density at radius 3 is 1.34 bits per heavy atom. The lowest BCUT2D eigenvalue weighted by molar-refractivity contribution is -0.141. The minimum atomic E-state index is -1.58. The van der Waals surface area contributed by atoms with Gasteiger partial charge in [-0.05, 0) is 48.6 Å². The van der Waals surface area contributed by atoms with Crippen LogP contribution in [0.15, 0.2) is 40.8 Å². The number of aliphatic carboxylic acids is 2. The molecule has 3 rings (SSSR count). The van der Waals surface area contributed by atoms with Crippen LogP contribution < -0.4 is 53.6 Å². The number of amides is 9. The van der Waals surface area contributed by atoms with Crippen molar-refractivity contribution in [3.05, 3.63) is 47.5 Å². The van der Waals surface area contributed by atoms with Gasteiger partial charge in [0.25, 0.3) is 0 Å². The van der Waals surface area contributed by atoms with E-state index < -0.39 is 133 Å². The molecule has 0 radical (unpaired) electrons. The van der Waals surface area contributed by atoms with Gasteiger partial charge in [-0.3, -0.25) is 52.7 Å². The Labute approximate surface area is 582 Å². The van der Waals surface area contributed by atoms with Crippen molar-refractivity contribution in [1.29, 1.82) is 0 Å². The summed E-state index contributed by atoms with van der Waals surface area (Å²) < 4.78 is 49.7. The first-order valence-electron chi connectivity index (χ1n) is 33.9. The first-order valence-corrected chi connectivity index (χ1v) is 33.9. The second kappa shape index (κ2) is 49.5. The topological polar surface area (TPSA) is 470 Å². The smallest absolute Gasteiger partial charge is 0.322 e. The van der Waals surface area contributed by atoms with Crippen LogP contribution in [0.1, 0.15) is 91.7 Å². The fourth-order valence-corrected chi connectivity index (χ4v) is 9.65. The average molecular weight is 1420 g/mol.